The van der Waals surface area contributed by atoms with Gasteiger partial charge >= 0.3 is 6.36 Å². The monoisotopic (exact) mass is 643 g/mol. The highest BCUT2D eigenvalue weighted by Crippen LogP contribution is 2.33. The van der Waals surface area contributed by atoms with E-state index in [2.05, 4.69) is 61.8 Å². The number of anilines is 2. The van der Waals surface area contributed by atoms with Crippen LogP contribution in [0.25, 0.3) is 10.9 Å². The van der Waals surface area contributed by atoms with Crippen LogP contribution >= 0.6 is 15.9 Å². The fourth-order valence-electron chi connectivity index (χ4n) is 4.70. The van der Waals surface area contributed by atoms with Crippen molar-refractivity contribution in [3.05, 3.63) is 46.9 Å². The van der Waals surface area contributed by atoms with Crippen LogP contribution in [0, 0.1) is 11.8 Å². The number of hydrogen-bond donors (Lipinski definition) is 3. The third-order valence-electron chi connectivity index (χ3n) is 6.59. The van der Waals surface area contributed by atoms with E-state index in [0.717, 1.165) is 54.5 Å². The Bertz CT molecular complexity index is 1440. The molecule has 1 aliphatic rings. The fourth-order valence-corrected chi connectivity index (χ4v) is 6.26. The number of sulfonamides is 1. The van der Waals surface area contributed by atoms with Crippen LogP contribution in [0.4, 0.5) is 24.9 Å². The highest BCUT2D eigenvalue weighted by molar-refractivity contribution is 9.10. The summed E-state index contributed by atoms with van der Waals surface area (Å²) in [5, 5.41) is 7.77. The summed E-state index contributed by atoms with van der Waals surface area (Å²) in [6.07, 6.45) is -1.69. The Morgan fingerprint density at radius 3 is 2.27 bits per heavy atom. The van der Waals surface area contributed by atoms with Gasteiger partial charge in [0.1, 0.15) is 10.7 Å². The molecule has 0 atom stereocenters. The minimum absolute atomic E-state index is 0.0768. The van der Waals surface area contributed by atoms with Crippen molar-refractivity contribution in [3.63, 3.8) is 0 Å². The maximum atomic E-state index is 12.8. The van der Waals surface area contributed by atoms with Gasteiger partial charge in [-0.05, 0) is 88.6 Å². The summed E-state index contributed by atoms with van der Waals surface area (Å²) < 4.78 is 70.8. The van der Waals surface area contributed by atoms with Gasteiger partial charge in [0.2, 0.25) is 16.0 Å². The van der Waals surface area contributed by atoms with Gasteiger partial charge in [0.15, 0.2) is 5.75 Å². The summed E-state index contributed by atoms with van der Waals surface area (Å²) in [5.41, 5.74) is 0.677. The predicted molar refractivity (Wildman–Crippen MR) is 153 cm³/mol. The Kier molecular flexibility index (Phi) is 9.15. The van der Waals surface area contributed by atoms with Crippen molar-refractivity contribution in [2.75, 3.05) is 23.7 Å². The zero-order valence-electron chi connectivity index (χ0n) is 22.5. The molecule has 218 valence electrons. The van der Waals surface area contributed by atoms with E-state index in [0.29, 0.717) is 18.4 Å². The van der Waals surface area contributed by atoms with Gasteiger partial charge in [-0.3, -0.25) is 0 Å². The number of ether oxygens (including phenoxy) is 1. The molecule has 3 N–H and O–H groups in total. The highest BCUT2D eigenvalue weighted by atomic mass is 79.9. The molecule has 1 heterocycles. The standard InChI is InChI=1S/C27H33BrF3N5O3S/c1-26(2,3)36-24-20-6-4-5-7-21(20)34-25(35-24)32-15-17-8-10-18(11-9-17)16-33-40(37,38)23-13-12-19(28)14-22(23)39-27(29,30)31/h4-7,12-14,17-18,33H,8-11,15-16H2,1-3H3,(H2,32,34,35,36)/t17-,18-. The molecule has 0 bridgehead atoms. The number of hydrogen-bond acceptors (Lipinski definition) is 7. The van der Waals surface area contributed by atoms with Crippen molar-refractivity contribution in [2.24, 2.45) is 11.8 Å². The molecule has 8 nitrogen and oxygen atoms in total. The van der Waals surface area contributed by atoms with Crippen molar-refractivity contribution in [3.8, 4) is 5.75 Å². The van der Waals surface area contributed by atoms with E-state index < -0.39 is 27.0 Å². The first kappa shape index (κ1) is 30.3. The van der Waals surface area contributed by atoms with E-state index in [1.54, 1.807) is 0 Å². The molecule has 0 aliphatic heterocycles. The van der Waals surface area contributed by atoms with Crippen molar-refractivity contribution < 1.29 is 26.3 Å². The number of rotatable bonds is 9. The van der Waals surface area contributed by atoms with E-state index in [1.807, 2.05) is 24.3 Å². The second-order valence-corrected chi connectivity index (χ2v) is 13.7. The molecule has 0 spiro atoms. The van der Waals surface area contributed by atoms with Crippen LogP contribution in [0.15, 0.2) is 51.8 Å². The Balaban J connectivity index is 1.32. The number of aromatic nitrogens is 2. The summed E-state index contributed by atoms with van der Waals surface area (Å²) in [6, 6.07) is 11.3. The van der Waals surface area contributed by atoms with Crippen molar-refractivity contribution >= 4 is 48.6 Å². The molecular formula is C27H33BrF3N5O3S. The second-order valence-electron chi connectivity index (χ2n) is 11.0. The molecular weight excluding hydrogens is 611 g/mol. The maximum Gasteiger partial charge on any atom is 0.573 e. The number of para-hydroxylation sites is 1. The second kappa shape index (κ2) is 12.1. The number of nitrogens with one attached hydrogen (secondary N) is 3. The number of benzene rings is 2. The summed E-state index contributed by atoms with van der Waals surface area (Å²) in [7, 11) is -4.21. The van der Waals surface area contributed by atoms with E-state index >= 15 is 0 Å². The van der Waals surface area contributed by atoms with Gasteiger partial charge in [-0.2, -0.15) is 4.98 Å². The van der Waals surface area contributed by atoms with Gasteiger partial charge in [-0.1, -0.05) is 28.1 Å². The average Bonchev–Trinajstić information content (AvgIpc) is 2.85. The van der Waals surface area contributed by atoms with Gasteiger partial charge in [0.05, 0.1) is 5.52 Å². The topological polar surface area (TPSA) is 105 Å². The van der Waals surface area contributed by atoms with Crippen LogP contribution in [-0.2, 0) is 10.0 Å². The van der Waals surface area contributed by atoms with Crippen LogP contribution in [0.2, 0.25) is 0 Å². The van der Waals surface area contributed by atoms with Crippen LogP contribution < -0.4 is 20.1 Å². The highest BCUT2D eigenvalue weighted by Gasteiger charge is 2.34. The minimum atomic E-state index is -5.01. The Labute approximate surface area is 240 Å². The van der Waals surface area contributed by atoms with Crippen LogP contribution in [0.3, 0.4) is 0 Å². The minimum Gasteiger partial charge on any atom is -0.404 e. The van der Waals surface area contributed by atoms with Gasteiger partial charge in [0, 0.05) is 28.5 Å². The van der Waals surface area contributed by atoms with Crippen molar-refractivity contribution in [1.82, 2.24) is 14.7 Å². The van der Waals surface area contributed by atoms with Gasteiger partial charge in [-0.25, -0.2) is 18.1 Å². The van der Waals surface area contributed by atoms with Crippen molar-refractivity contribution in [1.29, 1.82) is 0 Å². The molecule has 13 heteroatoms. The van der Waals surface area contributed by atoms with Crippen LogP contribution in [0.1, 0.15) is 46.5 Å². The quantitative estimate of drug-likeness (QED) is 0.238. The summed E-state index contributed by atoms with van der Waals surface area (Å²) in [5.74, 6) is 0.979. The first-order chi connectivity index (χ1) is 18.7. The van der Waals surface area contributed by atoms with Crippen LogP contribution in [-0.4, -0.2) is 43.4 Å². The molecule has 1 aromatic heterocycles. The maximum absolute atomic E-state index is 12.8. The zero-order chi connectivity index (χ0) is 29.1. The summed E-state index contributed by atoms with van der Waals surface area (Å²) >= 11 is 3.05. The lowest BCUT2D eigenvalue weighted by atomic mass is 9.82. The van der Waals surface area contributed by atoms with E-state index in [-0.39, 0.29) is 22.5 Å². The van der Waals surface area contributed by atoms with Gasteiger partial charge < -0.3 is 15.4 Å². The molecule has 0 amide bonds. The Morgan fingerprint density at radius 2 is 1.62 bits per heavy atom. The first-order valence-corrected chi connectivity index (χ1v) is 15.3. The van der Waals surface area contributed by atoms with Gasteiger partial charge in [0.25, 0.3) is 0 Å². The molecule has 2 aromatic carbocycles. The summed E-state index contributed by atoms with van der Waals surface area (Å²) in [4.78, 5) is 8.82. The van der Waals surface area contributed by atoms with E-state index in [9.17, 15) is 21.6 Å². The molecule has 3 aromatic rings. The lowest BCUT2D eigenvalue weighted by Gasteiger charge is -2.29. The lowest BCUT2D eigenvalue weighted by molar-refractivity contribution is -0.275. The fraction of sp³-hybridized carbons (Fsp3) is 0.481. The molecule has 4 rings (SSSR count). The number of fused-ring (bicyclic) bond motifs is 1. The van der Waals surface area contributed by atoms with Crippen LogP contribution in [0.5, 0.6) is 5.75 Å². The Hall–Kier alpha value is -2.64. The van der Waals surface area contributed by atoms with Gasteiger partial charge in [-0.15, -0.1) is 13.2 Å². The predicted octanol–water partition coefficient (Wildman–Crippen LogP) is 6.70. The van der Waals surface area contributed by atoms with E-state index in [1.165, 1.54) is 6.07 Å². The van der Waals surface area contributed by atoms with Crippen molar-refractivity contribution in [2.45, 2.75) is 63.3 Å². The third-order valence-corrected chi connectivity index (χ3v) is 8.55. The molecule has 0 unspecified atom stereocenters. The summed E-state index contributed by atoms with van der Waals surface area (Å²) in [6.45, 7) is 7.04. The van der Waals surface area contributed by atoms with E-state index in [4.69, 9.17) is 4.98 Å². The number of halogens is 4. The Morgan fingerprint density at radius 1 is 0.975 bits per heavy atom. The largest absolute Gasteiger partial charge is 0.573 e. The molecule has 0 saturated heterocycles. The first-order valence-electron chi connectivity index (χ1n) is 13.0. The molecule has 1 fully saturated rings. The molecule has 1 saturated carbocycles. The molecule has 40 heavy (non-hydrogen) atoms. The molecule has 0 radical (unpaired) electrons. The third kappa shape index (κ3) is 8.43. The normalized spacial score (nSPS) is 18.5. The smallest absolute Gasteiger partial charge is 0.404 e. The zero-order valence-corrected chi connectivity index (χ0v) is 24.9. The molecule has 1 aliphatic carbocycles. The SMILES string of the molecule is CC(C)(C)Nc1nc(NC[C@H]2CC[C@H](CNS(=O)(=O)c3ccc(Br)cc3OC(F)(F)F)CC2)nc2ccccc12. The number of alkyl halides is 3. The average molecular weight is 645 g/mol. The number of nitrogens with zero attached hydrogens (tertiary/aromatic N) is 2. The lowest BCUT2D eigenvalue weighted by Crippen LogP contribution is -2.33.